The maximum atomic E-state index is 13.4. The highest BCUT2D eigenvalue weighted by Gasteiger charge is 2.36. The van der Waals surface area contributed by atoms with Crippen LogP contribution >= 0.6 is 11.8 Å². The van der Waals surface area contributed by atoms with E-state index in [1.54, 1.807) is 6.92 Å². The molecule has 1 aromatic rings. The molecule has 2 heterocycles. The zero-order valence-electron chi connectivity index (χ0n) is 21.3. The lowest BCUT2D eigenvalue weighted by molar-refractivity contribution is -0.0948. The number of benzene rings is 1. The molecule has 0 saturated carbocycles. The number of fused-ring (bicyclic) bond motifs is 1. The Morgan fingerprint density at radius 3 is 2.51 bits per heavy atom. The second-order valence-electron chi connectivity index (χ2n) is 10.2. The number of aliphatic imine (C=N–C) groups is 1. The van der Waals surface area contributed by atoms with Gasteiger partial charge in [-0.15, -0.1) is 11.8 Å². The van der Waals surface area contributed by atoms with Gasteiger partial charge in [0.2, 0.25) is 0 Å². The summed E-state index contributed by atoms with van der Waals surface area (Å²) >= 11 is 1.90. The zero-order valence-corrected chi connectivity index (χ0v) is 22.1. The Kier molecular flexibility index (Phi) is 7.62. The van der Waals surface area contributed by atoms with Crippen LogP contribution in [-0.4, -0.2) is 23.2 Å². The normalized spacial score (nSPS) is 27.8. The molecule has 2 aliphatic heterocycles. The highest BCUT2D eigenvalue weighted by atomic mass is 32.2. The Bertz CT molecular complexity index is 1280. The number of rotatable bonds is 3. The number of thioether (sulfide) groups is 1. The van der Waals surface area contributed by atoms with Crippen LogP contribution in [0.1, 0.15) is 57.1 Å². The van der Waals surface area contributed by atoms with Crippen molar-refractivity contribution in [2.75, 3.05) is 0 Å². The molecule has 2 aliphatic carbocycles. The summed E-state index contributed by atoms with van der Waals surface area (Å²) in [6, 6.07) is 8.67. The molecular weight excluding hydrogens is 487 g/mol. The highest BCUT2D eigenvalue weighted by Crippen LogP contribution is 2.40. The van der Waals surface area contributed by atoms with E-state index >= 15 is 0 Å². The van der Waals surface area contributed by atoms with Gasteiger partial charge in [0.05, 0.1) is 11.8 Å². The van der Waals surface area contributed by atoms with E-state index in [1.165, 1.54) is 23.0 Å². The van der Waals surface area contributed by atoms with E-state index in [9.17, 15) is 13.2 Å². The van der Waals surface area contributed by atoms with Crippen LogP contribution in [-0.2, 0) is 0 Å². The smallest absolute Gasteiger partial charge is 0.276 e. The van der Waals surface area contributed by atoms with Crippen LogP contribution in [0.25, 0.3) is 4.91 Å². The van der Waals surface area contributed by atoms with E-state index in [4.69, 9.17) is 4.99 Å². The molecule has 37 heavy (non-hydrogen) atoms. The third kappa shape index (κ3) is 6.20. The summed E-state index contributed by atoms with van der Waals surface area (Å²) in [7, 11) is 0. The number of alkyl halides is 3. The number of allylic oxidation sites excluding steroid dienone is 9. The van der Waals surface area contributed by atoms with Crippen molar-refractivity contribution in [3.8, 4) is 0 Å². The number of hydrogen-bond acceptors (Lipinski definition) is 2. The SMILES string of the molecule is CC1=CC(C2=CCC3N=C(c4ccc(/C5=C/CCCC=CC(C)S5)cc4)C=CC3=C2)CC(C(F)(F)F)=C1. The summed E-state index contributed by atoms with van der Waals surface area (Å²) in [5, 5.41) is 0.452. The van der Waals surface area contributed by atoms with E-state index in [0.29, 0.717) is 17.2 Å². The lowest BCUT2D eigenvalue weighted by Gasteiger charge is -2.28. The van der Waals surface area contributed by atoms with E-state index in [2.05, 4.69) is 61.6 Å². The first-order valence-electron chi connectivity index (χ1n) is 13.0. The van der Waals surface area contributed by atoms with Gasteiger partial charge in [-0.1, -0.05) is 78.4 Å². The summed E-state index contributed by atoms with van der Waals surface area (Å²) < 4.78 is 40.1. The summed E-state index contributed by atoms with van der Waals surface area (Å²) in [6.45, 7) is 3.98. The standard InChI is InChI=1S/C32H32F3NS/c1-21-17-27(20-28(18-21)32(33,34)35)25-13-15-30-26(19-25)14-16-29(36-30)23-9-11-24(12-10-23)31-8-6-4-3-5-7-22(2)37-31/h5,7-14,16-19,22,27,30H,3-4,6,15,20H2,1-2H3/b7-5?,31-8-. The van der Waals surface area contributed by atoms with Gasteiger partial charge in [-0.3, -0.25) is 4.99 Å². The van der Waals surface area contributed by atoms with Crippen molar-refractivity contribution in [1.29, 1.82) is 0 Å². The minimum Gasteiger partial charge on any atom is -0.276 e. The molecular formula is C32H32F3NS. The Hall–Kier alpha value is -2.79. The van der Waals surface area contributed by atoms with Gasteiger partial charge in [-0.05, 0) is 74.3 Å². The fourth-order valence-corrected chi connectivity index (χ4v) is 6.35. The van der Waals surface area contributed by atoms with Crippen molar-refractivity contribution < 1.29 is 13.2 Å². The summed E-state index contributed by atoms with van der Waals surface area (Å²) in [5.74, 6) is -0.246. The fourth-order valence-electron chi connectivity index (χ4n) is 5.28. The Morgan fingerprint density at radius 2 is 1.73 bits per heavy atom. The van der Waals surface area contributed by atoms with Crippen molar-refractivity contribution in [2.45, 2.75) is 63.4 Å². The van der Waals surface area contributed by atoms with Gasteiger partial charge in [0, 0.05) is 21.6 Å². The first kappa shape index (κ1) is 25.8. The molecule has 192 valence electrons. The van der Waals surface area contributed by atoms with Gasteiger partial charge < -0.3 is 0 Å². The van der Waals surface area contributed by atoms with Crippen LogP contribution in [0.5, 0.6) is 0 Å². The van der Waals surface area contributed by atoms with E-state index in [1.807, 2.05) is 30.0 Å². The molecule has 0 spiro atoms. The molecule has 1 nitrogen and oxygen atoms in total. The van der Waals surface area contributed by atoms with Crippen molar-refractivity contribution in [2.24, 2.45) is 10.9 Å². The average molecular weight is 520 g/mol. The molecule has 5 rings (SSSR count). The van der Waals surface area contributed by atoms with Gasteiger partial charge in [0.15, 0.2) is 0 Å². The van der Waals surface area contributed by atoms with E-state index < -0.39 is 11.7 Å². The second kappa shape index (κ2) is 10.9. The summed E-state index contributed by atoms with van der Waals surface area (Å²) in [6.07, 6.45) is 18.2. The monoisotopic (exact) mass is 519 g/mol. The molecule has 0 N–H and O–H groups in total. The maximum absolute atomic E-state index is 13.4. The van der Waals surface area contributed by atoms with Gasteiger partial charge >= 0.3 is 6.18 Å². The predicted molar refractivity (Wildman–Crippen MR) is 151 cm³/mol. The molecule has 1 aromatic carbocycles. The van der Waals surface area contributed by atoms with Gasteiger partial charge in [0.25, 0.3) is 0 Å². The number of nitrogens with zero attached hydrogens (tertiary/aromatic N) is 1. The molecule has 0 aromatic heterocycles. The third-order valence-electron chi connectivity index (χ3n) is 7.21. The lowest BCUT2D eigenvalue weighted by Crippen LogP contribution is -2.21. The molecule has 3 unspecified atom stereocenters. The number of hydrogen-bond donors (Lipinski definition) is 0. The first-order chi connectivity index (χ1) is 17.8. The first-order valence-corrected chi connectivity index (χ1v) is 13.9. The minimum absolute atomic E-state index is 0.00448. The van der Waals surface area contributed by atoms with Crippen molar-refractivity contribution in [3.63, 3.8) is 0 Å². The molecule has 5 heteroatoms. The summed E-state index contributed by atoms with van der Waals surface area (Å²) in [5.41, 5.74) is 5.53. The van der Waals surface area contributed by atoms with Crippen molar-refractivity contribution in [3.05, 3.63) is 112 Å². The molecule has 0 saturated heterocycles. The van der Waals surface area contributed by atoms with Crippen LogP contribution in [0.15, 0.2) is 106 Å². The van der Waals surface area contributed by atoms with Crippen LogP contribution in [0.4, 0.5) is 13.2 Å². The highest BCUT2D eigenvalue weighted by molar-refractivity contribution is 8.09. The van der Waals surface area contributed by atoms with Crippen LogP contribution in [0.3, 0.4) is 0 Å². The average Bonchev–Trinajstić information content (AvgIpc) is 2.99. The molecule has 0 fully saturated rings. The maximum Gasteiger partial charge on any atom is 0.412 e. The third-order valence-corrected chi connectivity index (χ3v) is 8.40. The zero-order chi connectivity index (χ0) is 26.0. The van der Waals surface area contributed by atoms with Crippen molar-refractivity contribution in [1.82, 2.24) is 0 Å². The molecule has 4 aliphatic rings. The largest absolute Gasteiger partial charge is 0.412 e. The summed E-state index contributed by atoms with van der Waals surface area (Å²) in [4.78, 5) is 6.33. The van der Waals surface area contributed by atoms with E-state index in [0.717, 1.165) is 35.3 Å². The molecule has 0 amide bonds. The number of halogens is 3. The van der Waals surface area contributed by atoms with Crippen LogP contribution in [0, 0.1) is 5.92 Å². The Morgan fingerprint density at radius 1 is 0.946 bits per heavy atom. The lowest BCUT2D eigenvalue weighted by atomic mass is 9.80. The molecule has 3 atom stereocenters. The second-order valence-corrected chi connectivity index (χ2v) is 11.6. The molecule has 0 bridgehead atoms. The molecule has 0 radical (unpaired) electrons. The van der Waals surface area contributed by atoms with Gasteiger partial charge in [0.1, 0.15) is 0 Å². The van der Waals surface area contributed by atoms with Crippen molar-refractivity contribution >= 4 is 22.4 Å². The van der Waals surface area contributed by atoms with Gasteiger partial charge in [-0.25, -0.2) is 0 Å². The fraction of sp³-hybridized carbons (Fsp3) is 0.344. The topological polar surface area (TPSA) is 12.4 Å². The Labute approximate surface area is 222 Å². The van der Waals surface area contributed by atoms with Crippen LogP contribution < -0.4 is 0 Å². The van der Waals surface area contributed by atoms with E-state index in [-0.39, 0.29) is 18.4 Å². The Balaban J connectivity index is 1.29. The van der Waals surface area contributed by atoms with Gasteiger partial charge in [-0.2, -0.15) is 13.2 Å². The minimum atomic E-state index is -4.28. The quantitative estimate of drug-likeness (QED) is 0.362. The number of dihydropyridines is 1. The van der Waals surface area contributed by atoms with Crippen LogP contribution in [0.2, 0.25) is 0 Å². The predicted octanol–water partition coefficient (Wildman–Crippen LogP) is 9.33.